The van der Waals surface area contributed by atoms with Crippen LogP contribution < -0.4 is 9.46 Å². The summed E-state index contributed by atoms with van der Waals surface area (Å²) in [7, 11) is -3.04. The minimum absolute atomic E-state index is 0.0325. The number of anilines is 1. The summed E-state index contributed by atoms with van der Waals surface area (Å²) >= 11 is 6.03. The van der Waals surface area contributed by atoms with Gasteiger partial charge in [0.1, 0.15) is 10.7 Å². The first-order valence-electron chi connectivity index (χ1n) is 8.42. The van der Waals surface area contributed by atoms with Crippen LogP contribution in [0.1, 0.15) is 11.1 Å². The zero-order valence-electron chi connectivity index (χ0n) is 15.5. The lowest BCUT2D eigenvalue weighted by molar-refractivity contribution is 0.403. The predicted octanol–water partition coefficient (Wildman–Crippen LogP) is 5.14. The Morgan fingerprint density at radius 2 is 1.72 bits per heavy atom. The highest BCUT2D eigenvalue weighted by Gasteiger charge is 2.24. The zero-order valence-corrected chi connectivity index (χ0v) is 17.1. The van der Waals surface area contributed by atoms with Gasteiger partial charge in [0.2, 0.25) is 0 Å². The van der Waals surface area contributed by atoms with Crippen LogP contribution >= 0.6 is 11.6 Å². The molecule has 0 saturated carbocycles. The number of ether oxygens (including phenoxy) is 1. The highest BCUT2D eigenvalue weighted by Crippen LogP contribution is 2.35. The molecule has 0 saturated heterocycles. The van der Waals surface area contributed by atoms with E-state index in [1.807, 2.05) is 37.3 Å². The molecule has 0 aliphatic carbocycles. The van der Waals surface area contributed by atoms with Crippen molar-refractivity contribution in [2.24, 2.45) is 0 Å². The molecule has 3 aromatic carbocycles. The van der Waals surface area contributed by atoms with E-state index >= 15 is 0 Å². The Bertz CT molecular complexity index is 1220. The first-order valence-corrected chi connectivity index (χ1v) is 10.3. The number of nitrogens with one attached hydrogen (secondary N) is 1. The predicted molar refractivity (Wildman–Crippen MR) is 110 cm³/mol. The molecule has 3 rings (SSSR count). The average molecular weight is 431 g/mol. The highest BCUT2D eigenvalue weighted by molar-refractivity contribution is 7.92. The Morgan fingerprint density at radius 1 is 1.07 bits per heavy atom. The van der Waals surface area contributed by atoms with Crippen molar-refractivity contribution in [3.63, 3.8) is 0 Å². The lowest BCUT2D eigenvalue weighted by atomic mass is 10.0. The van der Waals surface area contributed by atoms with E-state index in [-0.39, 0.29) is 26.9 Å². The molecule has 0 aliphatic rings. The van der Waals surface area contributed by atoms with Crippen molar-refractivity contribution in [1.82, 2.24) is 0 Å². The number of benzene rings is 3. The van der Waals surface area contributed by atoms with Gasteiger partial charge in [-0.25, -0.2) is 12.8 Å². The van der Waals surface area contributed by atoms with Crippen molar-refractivity contribution in [3.05, 3.63) is 76.6 Å². The average Bonchev–Trinajstić information content (AvgIpc) is 2.69. The minimum Gasteiger partial charge on any atom is -0.494 e. The number of aryl methyl sites for hydroxylation is 1. The van der Waals surface area contributed by atoms with Crippen LogP contribution in [-0.4, -0.2) is 15.5 Å². The fourth-order valence-electron chi connectivity index (χ4n) is 2.76. The number of nitriles is 1. The van der Waals surface area contributed by atoms with Gasteiger partial charge >= 0.3 is 0 Å². The van der Waals surface area contributed by atoms with E-state index in [1.54, 1.807) is 6.07 Å². The van der Waals surface area contributed by atoms with Crippen molar-refractivity contribution in [2.75, 3.05) is 11.8 Å². The Balaban J connectivity index is 2.06. The molecule has 0 radical (unpaired) electrons. The van der Waals surface area contributed by atoms with Crippen LogP contribution in [0.4, 0.5) is 10.1 Å². The molecule has 0 amide bonds. The third-order valence-electron chi connectivity index (χ3n) is 4.23. The number of methoxy groups -OCH3 is 1. The monoisotopic (exact) mass is 430 g/mol. The maximum atomic E-state index is 14.4. The number of halogens is 2. The topological polar surface area (TPSA) is 79.2 Å². The van der Waals surface area contributed by atoms with Gasteiger partial charge in [-0.15, -0.1) is 0 Å². The van der Waals surface area contributed by atoms with Crippen molar-refractivity contribution in [3.8, 4) is 22.9 Å². The van der Waals surface area contributed by atoms with Gasteiger partial charge < -0.3 is 4.74 Å². The van der Waals surface area contributed by atoms with Gasteiger partial charge in [-0.05, 0) is 42.3 Å². The number of nitrogens with zero attached hydrogens (tertiary/aromatic N) is 1. The van der Waals surface area contributed by atoms with Crippen LogP contribution in [-0.2, 0) is 10.0 Å². The largest absolute Gasteiger partial charge is 0.494 e. The second kappa shape index (κ2) is 8.11. The first kappa shape index (κ1) is 20.6. The summed E-state index contributed by atoms with van der Waals surface area (Å²) in [4.78, 5) is -0.357. The Morgan fingerprint density at radius 3 is 2.34 bits per heavy atom. The quantitative estimate of drug-likeness (QED) is 0.608. The van der Waals surface area contributed by atoms with Gasteiger partial charge in [-0.1, -0.05) is 47.5 Å². The molecule has 148 valence electrons. The van der Waals surface area contributed by atoms with Gasteiger partial charge in [0.05, 0.1) is 29.5 Å². The SMILES string of the molecule is COc1c(Cl)cc(C#N)cc1S(=O)(=O)Nc1cc(-c2ccc(C)cc2)ccc1F. The molecular weight excluding hydrogens is 415 g/mol. The number of sulfonamides is 1. The van der Waals surface area contributed by atoms with Gasteiger partial charge in [0.15, 0.2) is 5.75 Å². The lowest BCUT2D eigenvalue weighted by Crippen LogP contribution is -2.15. The van der Waals surface area contributed by atoms with Crippen molar-refractivity contribution in [1.29, 1.82) is 5.26 Å². The molecule has 29 heavy (non-hydrogen) atoms. The number of rotatable bonds is 5. The molecule has 0 fully saturated rings. The molecular formula is C21H16ClFN2O3S. The van der Waals surface area contributed by atoms with Crippen molar-refractivity contribution < 1.29 is 17.5 Å². The van der Waals surface area contributed by atoms with E-state index in [1.165, 1.54) is 25.3 Å². The van der Waals surface area contributed by atoms with E-state index in [0.717, 1.165) is 17.2 Å². The van der Waals surface area contributed by atoms with Gasteiger partial charge in [-0.3, -0.25) is 4.72 Å². The van der Waals surface area contributed by atoms with Gasteiger partial charge in [-0.2, -0.15) is 5.26 Å². The van der Waals surface area contributed by atoms with E-state index in [0.29, 0.717) is 5.56 Å². The minimum atomic E-state index is -4.29. The van der Waals surface area contributed by atoms with Crippen LogP contribution in [0.2, 0.25) is 5.02 Å². The van der Waals surface area contributed by atoms with Crippen LogP contribution in [0.25, 0.3) is 11.1 Å². The smallest absolute Gasteiger partial charge is 0.265 e. The van der Waals surface area contributed by atoms with E-state index < -0.39 is 15.8 Å². The fourth-order valence-corrected chi connectivity index (χ4v) is 4.39. The highest BCUT2D eigenvalue weighted by atomic mass is 35.5. The normalized spacial score (nSPS) is 11.0. The van der Waals surface area contributed by atoms with Crippen LogP contribution in [0.15, 0.2) is 59.5 Å². The molecule has 0 aromatic heterocycles. The third-order valence-corrected chi connectivity index (χ3v) is 5.88. The summed E-state index contributed by atoms with van der Waals surface area (Å²) in [5, 5.41) is 9.07. The molecule has 5 nitrogen and oxygen atoms in total. The molecule has 8 heteroatoms. The second-order valence-electron chi connectivity index (χ2n) is 6.27. The molecule has 0 heterocycles. The molecule has 0 atom stereocenters. The lowest BCUT2D eigenvalue weighted by Gasteiger charge is -2.14. The Labute approximate surface area is 173 Å². The van der Waals surface area contributed by atoms with Crippen molar-refractivity contribution >= 4 is 27.3 Å². The van der Waals surface area contributed by atoms with Gasteiger partial charge in [0, 0.05) is 0 Å². The second-order valence-corrected chi connectivity index (χ2v) is 8.33. The molecule has 0 spiro atoms. The van der Waals surface area contributed by atoms with Crippen LogP contribution in [0, 0.1) is 24.1 Å². The molecule has 0 unspecified atom stereocenters. The summed E-state index contributed by atoms with van der Waals surface area (Å²) in [6.45, 7) is 1.95. The molecule has 0 aliphatic heterocycles. The molecule has 0 bridgehead atoms. The third kappa shape index (κ3) is 4.34. The first-order chi connectivity index (χ1) is 13.7. The fraction of sp³-hybridized carbons (Fsp3) is 0.0952. The van der Waals surface area contributed by atoms with Crippen molar-refractivity contribution in [2.45, 2.75) is 11.8 Å². The summed E-state index contributed by atoms with van der Waals surface area (Å²) in [6, 6.07) is 15.9. The Hall–Kier alpha value is -3.08. The summed E-state index contributed by atoms with van der Waals surface area (Å²) < 4.78 is 47.5. The van der Waals surface area contributed by atoms with Crippen LogP contribution in [0.3, 0.4) is 0 Å². The summed E-state index contributed by atoms with van der Waals surface area (Å²) in [5.41, 5.74) is 2.31. The number of hydrogen-bond acceptors (Lipinski definition) is 4. The Kier molecular flexibility index (Phi) is 5.78. The molecule has 3 aromatic rings. The maximum absolute atomic E-state index is 14.4. The zero-order chi connectivity index (χ0) is 21.2. The van der Waals surface area contributed by atoms with Crippen LogP contribution in [0.5, 0.6) is 5.75 Å². The van der Waals surface area contributed by atoms with E-state index in [9.17, 15) is 12.8 Å². The maximum Gasteiger partial charge on any atom is 0.265 e. The molecule has 1 N–H and O–H groups in total. The number of hydrogen-bond donors (Lipinski definition) is 1. The standard InChI is InChI=1S/C21H16ClFN2O3S/c1-13-3-5-15(6-4-13)16-7-8-18(23)19(11-16)25-29(26,27)20-10-14(12-24)9-17(22)21(20)28-2/h3-11,25H,1-2H3. The summed E-state index contributed by atoms with van der Waals surface area (Å²) in [5.74, 6) is -0.876. The van der Waals surface area contributed by atoms with Gasteiger partial charge in [0.25, 0.3) is 10.0 Å². The van der Waals surface area contributed by atoms with E-state index in [2.05, 4.69) is 4.72 Å². The summed E-state index contributed by atoms with van der Waals surface area (Å²) in [6.07, 6.45) is 0. The van der Waals surface area contributed by atoms with E-state index in [4.69, 9.17) is 21.6 Å².